The number of aryl methyl sites for hydroxylation is 2. The summed E-state index contributed by atoms with van der Waals surface area (Å²) in [5, 5.41) is 13.7. The first kappa shape index (κ1) is 28.0. The van der Waals surface area contributed by atoms with E-state index in [1.807, 2.05) is 63.2 Å². The zero-order chi connectivity index (χ0) is 27.6. The fourth-order valence-electron chi connectivity index (χ4n) is 5.01. The summed E-state index contributed by atoms with van der Waals surface area (Å²) in [5.74, 6) is -1.03. The fraction of sp³-hybridized carbons (Fsp3) is 0.333. The molecule has 0 aliphatic carbocycles. The second kappa shape index (κ2) is 11.4. The van der Waals surface area contributed by atoms with Gasteiger partial charge in [-0.05, 0) is 76.3 Å². The molecule has 2 aromatic heterocycles. The average Bonchev–Trinajstić information content (AvgIpc) is 2.89. The summed E-state index contributed by atoms with van der Waals surface area (Å²) in [5.41, 5.74) is 2.18. The molecule has 0 saturated carbocycles. The van der Waals surface area contributed by atoms with E-state index < -0.39 is 17.3 Å². The van der Waals surface area contributed by atoms with Crippen LogP contribution in [0.2, 0.25) is 0 Å². The predicted octanol–water partition coefficient (Wildman–Crippen LogP) is 6.14. The van der Waals surface area contributed by atoms with Crippen molar-refractivity contribution in [2.75, 3.05) is 34.9 Å². The number of benzene rings is 2. The minimum Gasteiger partial charge on any atom is -0.494 e. The van der Waals surface area contributed by atoms with Crippen LogP contribution in [0.4, 0.5) is 4.39 Å². The van der Waals surface area contributed by atoms with Gasteiger partial charge < -0.3 is 19.5 Å². The number of ether oxygens (including phenoxy) is 2. The molecule has 8 heteroatoms. The van der Waals surface area contributed by atoms with Gasteiger partial charge in [0, 0.05) is 45.0 Å². The quantitative estimate of drug-likeness (QED) is 0.256. The third-order valence-corrected chi connectivity index (χ3v) is 7.40. The van der Waals surface area contributed by atoms with E-state index in [2.05, 4.69) is 20.9 Å². The van der Waals surface area contributed by atoms with Crippen molar-refractivity contribution in [3.8, 4) is 11.6 Å². The van der Waals surface area contributed by atoms with E-state index in [-0.39, 0.29) is 11.3 Å². The molecule has 1 N–H and O–H groups in total. The molecule has 200 valence electrons. The number of rotatable bonds is 9. The molecule has 0 fully saturated rings. The van der Waals surface area contributed by atoms with Crippen molar-refractivity contribution in [1.29, 1.82) is 0 Å². The Balaban J connectivity index is 2.12. The van der Waals surface area contributed by atoms with Crippen molar-refractivity contribution in [2.45, 2.75) is 31.8 Å². The number of nitrogens with zero attached hydrogens (tertiary/aromatic N) is 3. The van der Waals surface area contributed by atoms with Crippen LogP contribution >= 0.6 is 15.9 Å². The van der Waals surface area contributed by atoms with E-state index in [1.165, 1.54) is 14.2 Å². The highest BCUT2D eigenvalue weighted by Gasteiger charge is 2.45. The van der Waals surface area contributed by atoms with Gasteiger partial charge in [0.15, 0.2) is 11.6 Å². The fourth-order valence-corrected chi connectivity index (χ4v) is 5.39. The zero-order valence-corrected chi connectivity index (χ0v) is 24.1. The zero-order valence-electron chi connectivity index (χ0n) is 22.5. The molecule has 0 radical (unpaired) electrons. The summed E-state index contributed by atoms with van der Waals surface area (Å²) < 4.78 is 28.1. The summed E-state index contributed by atoms with van der Waals surface area (Å²) in [6.45, 7) is 4.33. The molecule has 0 spiro atoms. The average molecular weight is 583 g/mol. The molecule has 4 rings (SSSR count). The van der Waals surface area contributed by atoms with E-state index in [1.54, 1.807) is 24.4 Å². The Kier molecular flexibility index (Phi) is 8.35. The maximum Gasteiger partial charge on any atom is 0.217 e. The summed E-state index contributed by atoms with van der Waals surface area (Å²) in [6.07, 6.45) is 2.06. The van der Waals surface area contributed by atoms with Gasteiger partial charge in [0.05, 0.1) is 25.7 Å². The minimum absolute atomic E-state index is 0.0945. The van der Waals surface area contributed by atoms with Crippen LogP contribution in [0.5, 0.6) is 11.6 Å². The van der Waals surface area contributed by atoms with Gasteiger partial charge in [-0.25, -0.2) is 9.37 Å². The molecule has 0 aliphatic heterocycles. The van der Waals surface area contributed by atoms with Crippen molar-refractivity contribution in [3.63, 3.8) is 0 Å². The van der Waals surface area contributed by atoms with Crippen molar-refractivity contribution in [1.82, 2.24) is 14.9 Å². The summed E-state index contributed by atoms with van der Waals surface area (Å²) >= 11 is 3.54. The number of pyridine rings is 2. The summed E-state index contributed by atoms with van der Waals surface area (Å²) in [4.78, 5) is 11.3. The molecular formula is C30H33BrFN3O3. The van der Waals surface area contributed by atoms with E-state index in [0.717, 1.165) is 20.9 Å². The number of aromatic nitrogens is 2. The molecule has 2 heterocycles. The lowest BCUT2D eigenvalue weighted by atomic mass is 9.71. The smallest absolute Gasteiger partial charge is 0.217 e. The maximum absolute atomic E-state index is 16.1. The van der Waals surface area contributed by atoms with Crippen molar-refractivity contribution in [3.05, 3.63) is 93.0 Å². The molecule has 4 aromatic rings. The molecule has 0 bridgehead atoms. The summed E-state index contributed by atoms with van der Waals surface area (Å²) in [7, 11) is 6.85. The Bertz CT molecular complexity index is 1460. The van der Waals surface area contributed by atoms with E-state index in [9.17, 15) is 5.11 Å². The molecule has 2 aromatic carbocycles. The third kappa shape index (κ3) is 5.39. The van der Waals surface area contributed by atoms with Gasteiger partial charge in [-0.2, -0.15) is 0 Å². The van der Waals surface area contributed by atoms with Gasteiger partial charge in [0.25, 0.3) is 0 Å². The van der Waals surface area contributed by atoms with Gasteiger partial charge in [-0.15, -0.1) is 0 Å². The number of hydrogen-bond acceptors (Lipinski definition) is 6. The lowest BCUT2D eigenvalue weighted by Gasteiger charge is -2.39. The normalized spacial score (nSPS) is 13.9. The molecule has 0 aliphatic rings. The van der Waals surface area contributed by atoms with E-state index in [4.69, 9.17) is 14.5 Å². The van der Waals surface area contributed by atoms with E-state index >= 15 is 4.39 Å². The Labute approximate surface area is 231 Å². The Morgan fingerprint density at radius 3 is 2.50 bits per heavy atom. The molecule has 2 atom stereocenters. The lowest BCUT2D eigenvalue weighted by molar-refractivity contribution is 0.00184. The molecular weight excluding hydrogens is 549 g/mol. The van der Waals surface area contributed by atoms with Gasteiger partial charge in [0.1, 0.15) is 5.60 Å². The first-order chi connectivity index (χ1) is 18.1. The van der Waals surface area contributed by atoms with Crippen LogP contribution in [0.25, 0.3) is 10.9 Å². The topological polar surface area (TPSA) is 67.7 Å². The maximum atomic E-state index is 16.1. The van der Waals surface area contributed by atoms with Crippen LogP contribution in [0.3, 0.4) is 0 Å². The first-order valence-electron chi connectivity index (χ1n) is 12.4. The van der Waals surface area contributed by atoms with Crippen LogP contribution in [-0.2, 0) is 5.60 Å². The molecule has 38 heavy (non-hydrogen) atoms. The van der Waals surface area contributed by atoms with Crippen LogP contribution in [0.15, 0.2) is 59.2 Å². The van der Waals surface area contributed by atoms with Gasteiger partial charge in [-0.1, -0.05) is 28.1 Å². The number of fused-ring (bicyclic) bond motifs is 1. The predicted molar refractivity (Wildman–Crippen MR) is 152 cm³/mol. The highest BCUT2D eigenvalue weighted by atomic mass is 79.9. The van der Waals surface area contributed by atoms with Crippen LogP contribution < -0.4 is 9.47 Å². The minimum atomic E-state index is -1.57. The largest absolute Gasteiger partial charge is 0.494 e. The van der Waals surface area contributed by atoms with Crippen LogP contribution in [-0.4, -0.2) is 54.8 Å². The molecule has 6 nitrogen and oxygen atoms in total. The number of methoxy groups -OCH3 is 2. The standard InChI is InChI=1S/C30H33BrFN3O3/c1-18-14-24(19(2)33-17-18)30(36,12-13-35(3)4)27(22-8-7-9-26(37-5)28(22)32)23-16-20-15-21(31)10-11-25(20)34-29(23)38-6/h7-11,14-17,27,36H,12-13H2,1-6H3/t27-,30-/m1/s1. The second-order valence-electron chi connectivity index (χ2n) is 9.84. The molecule has 0 saturated heterocycles. The van der Waals surface area contributed by atoms with Gasteiger partial charge in [0.2, 0.25) is 5.88 Å². The molecule has 0 unspecified atom stereocenters. The second-order valence-corrected chi connectivity index (χ2v) is 10.8. The Morgan fingerprint density at radius 2 is 1.82 bits per heavy atom. The van der Waals surface area contributed by atoms with Crippen molar-refractivity contribution in [2.24, 2.45) is 0 Å². The van der Waals surface area contributed by atoms with Gasteiger partial charge >= 0.3 is 0 Å². The van der Waals surface area contributed by atoms with Crippen molar-refractivity contribution >= 4 is 26.8 Å². The highest BCUT2D eigenvalue weighted by Crippen LogP contribution is 2.49. The third-order valence-electron chi connectivity index (χ3n) is 6.91. The Hall–Kier alpha value is -3.07. The Morgan fingerprint density at radius 1 is 1.05 bits per heavy atom. The number of hydrogen-bond donors (Lipinski definition) is 1. The van der Waals surface area contributed by atoms with Crippen LogP contribution in [0, 0.1) is 19.7 Å². The van der Waals surface area contributed by atoms with Crippen molar-refractivity contribution < 1.29 is 19.0 Å². The van der Waals surface area contributed by atoms with E-state index in [0.29, 0.717) is 35.7 Å². The number of aliphatic hydroxyl groups is 1. The highest BCUT2D eigenvalue weighted by molar-refractivity contribution is 9.10. The van der Waals surface area contributed by atoms with Gasteiger partial charge in [-0.3, -0.25) is 4.98 Å². The lowest BCUT2D eigenvalue weighted by Crippen LogP contribution is -2.39. The monoisotopic (exact) mass is 581 g/mol. The van der Waals surface area contributed by atoms with Crippen LogP contribution in [0.1, 0.15) is 40.3 Å². The number of halogens is 2. The SMILES string of the molecule is COc1cccc([C@H](c2cc3cc(Br)ccc3nc2OC)[C@@](O)(CCN(C)C)c2cc(C)cnc2C)c1F. The first-order valence-corrected chi connectivity index (χ1v) is 13.2. The molecule has 0 amide bonds. The summed E-state index contributed by atoms with van der Waals surface area (Å²) in [6, 6.07) is 14.6.